The third-order valence-electron chi connectivity index (χ3n) is 6.77. The van der Waals surface area contributed by atoms with Crippen molar-refractivity contribution in [3.05, 3.63) is 0 Å². The Hall–Kier alpha value is -0.260. The minimum absolute atomic E-state index is 0.0234. The van der Waals surface area contributed by atoms with E-state index in [0.29, 0.717) is 12.8 Å². The Kier molecular flexibility index (Phi) is 24.9. The number of phosphoric acid groups is 1. The molecule has 0 aromatic rings. The fourth-order valence-electron chi connectivity index (χ4n) is 4.61. The molecule has 0 aliphatic heterocycles. The molecule has 0 heterocycles. The van der Waals surface area contributed by atoms with Gasteiger partial charge in [-0.05, 0) is 46.3 Å². The zero-order valence-electron chi connectivity index (χ0n) is 24.3. The summed E-state index contributed by atoms with van der Waals surface area (Å²) in [6, 6.07) is 0. The zero-order chi connectivity index (χ0) is 26.9. The molecule has 0 saturated carbocycles. The van der Waals surface area contributed by atoms with Crippen molar-refractivity contribution < 1.29 is 23.3 Å². The second kappa shape index (κ2) is 25.0. The molecule has 0 rings (SSSR count). The number of carbonyl (C=O) groups is 1. The lowest BCUT2D eigenvalue weighted by atomic mass is 9.96. The summed E-state index contributed by atoms with van der Waals surface area (Å²) < 4.78 is 22.4. The molecule has 0 amide bonds. The van der Waals surface area contributed by atoms with E-state index in [4.69, 9.17) is 9.05 Å². The van der Waals surface area contributed by atoms with Crippen LogP contribution >= 0.6 is 7.82 Å². The maximum Gasteiger partial charge on any atom is 0.472 e. The van der Waals surface area contributed by atoms with Crippen LogP contribution in [-0.2, 0) is 18.4 Å². The van der Waals surface area contributed by atoms with Gasteiger partial charge in [-0.3, -0.25) is 9.05 Å². The molecule has 0 fully saturated rings. The highest BCUT2D eigenvalue weighted by Gasteiger charge is 2.23. The van der Waals surface area contributed by atoms with Crippen LogP contribution in [0.25, 0.3) is 0 Å². The van der Waals surface area contributed by atoms with Gasteiger partial charge >= 0.3 is 7.82 Å². The first-order valence-electron chi connectivity index (χ1n) is 15.0. The Morgan fingerprint density at radius 3 is 1.61 bits per heavy atom. The first-order chi connectivity index (χ1) is 17.3. The van der Waals surface area contributed by atoms with Gasteiger partial charge in [0.1, 0.15) is 5.78 Å². The van der Waals surface area contributed by atoms with Gasteiger partial charge in [-0.25, -0.2) is 4.57 Å². The second-order valence-electron chi connectivity index (χ2n) is 11.0. The van der Waals surface area contributed by atoms with Crippen LogP contribution in [0.2, 0.25) is 0 Å². The lowest BCUT2D eigenvalue weighted by Gasteiger charge is -2.18. The highest BCUT2D eigenvalue weighted by molar-refractivity contribution is 7.47. The molecule has 0 aliphatic rings. The molecule has 0 aliphatic carbocycles. The summed E-state index contributed by atoms with van der Waals surface area (Å²) in [7, 11) is -0.167. The molecule has 0 bridgehead atoms. The van der Waals surface area contributed by atoms with Crippen molar-refractivity contribution >= 4 is 13.6 Å². The molecule has 0 aromatic heterocycles. The molecular formula is C29H60NO5P. The van der Waals surface area contributed by atoms with Gasteiger partial charge in [-0.2, -0.15) is 0 Å². The lowest BCUT2D eigenvalue weighted by molar-refractivity contribution is -0.118. The number of ketones is 1. The van der Waals surface area contributed by atoms with E-state index in [-0.39, 0.29) is 24.9 Å². The molecule has 216 valence electrons. The van der Waals surface area contributed by atoms with Crippen molar-refractivity contribution in [2.24, 2.45) is 5.92 Å². The fraction of sp³-hybridized carbons (Fsp3) is 0.966. The third-order valence-corrected chi connectivity index (χ3v) is 7.75. The quantitative estimate of drug-likeness (QED) is 0.0800. The molecule has 2 unspecified atom stereocenters. The highest BCUT2D eigenvalue weighted by atomic mass is 31.2. The second-order valence-corrected chi connectivity index (χ2v) is 12.4. The van der Waals surface area contributed by atoms with Crippen molar-refractivity contribution in [2.75, 3.05) is 33.9 Å². The maximum absolute atomic E-state index is 12.1. The monoisotopic (exact) mass is 533 g/mol. The van der Waals surface area contributed by atoms with Crippen molar-refractivity contribution in [1.82, 2.24) is 4.90 Å². The number of Topliss-reactive ketones (excluding diaryl/α,β-unsaturated/α-hetero) is 1. The van der Waals surface area contributed by atoms with Crippen molar-refractivity contribution in [1.29, 1.82) is 0 Å². The van der Waals surface area contributed by atoms with Crippen LogP contribution in [0.1, 0.15) is 142 Å². The van der Waals surface area contributed by atoms with E-state index in [2.05, 4.69) is 6.92 Å². The third kappa shape index (κ3) is 26.8. The topological polar surface area (TPSA) is 76.1 Å². The Labute approximate surface area is 223 Å². The molecule has 0 spiro atoms. The van der Waals surface area contributed by atoms with Crippen LogP contribution in [0.5, 0.6) is 0 Å². The summed E-state index contributed by atoms with van der Waals surface area (Å²) in [5, 5.41) is 0. The van der Waals surface area contributed by atoms with Crippen LogP contribution in [0.3, 0.4) is 0 Å². The summed E-state index contributed by atoms with van der Waals surface area (Å²) in [6.45, 7) is 4.91. The Bertz CT molecular complexity index is 544. The molecule has 0 saturated heterocycles. The molecule has 2 atom stereocenters. The average molecular weight is 534 g/mol. The molecule has 0 aromatic carbocycles. The summed E-state index contributed by atoms with van der Waals surface area (Å²) in [4.78, 5) is 23.5. The predicted molar refractivity (Wildman–Crippen MR) is 152 cm³/mol. The number of hydrogen-bond donors (Lipinski definition) is 1. The van der Waals surface area contributed by atoms with Crippen LogP contribution < -0.4 is 0 Å². The van der Waals surface area contributed by atoms with E-state index in [0.717, 1.165) is 25.8 Å². The van der Waals surface area contributed by atoms with Gasteiger partial charge in [0.05, 0.1) is 13.2 Å². The average Bonchev–Trinajstić information content (AvgIpc) is 2.81. The number of rotatable bonds is 28. The SMILES string of the molecule is CCCCCCCCCCCCCCCCCCCC(COP(=O)(O)OCCCN(C)C)CC(C)=O. The lowest BCUT2D eigenvalue weighted by Crippen LogP contribution is -2.15. The van der Waals surface area contributed by atoms with Crippen molar-refractivity contribution in [3.63, 3.8) is 0 Å². The van der Waals surface area contributed by atoms with Gasteiger partial charge in [0.2, 0.25) is 0 Å². The first-order valence-corrected chi connectivity index (χ1v) is 16.5. The summed E-state index contributed by atoms with van der Waals surface area (Å²) in [5.41, 5.74) is 0. The minimum atomic E-state index is -4.06. The standard InChI is InChI=1S/C29H60NO5P/c1-5-6-7-8-9-10-11-12-13-14-15-16-17-18-19-20-21-23-29(26-28(2)31)27-35-36(32,33)34-25-22-24-30(3)4/h29H,5-27H2,1-4H3,(H,32,33). The van der Waals surface area contributed by atoms with Crippen molar-refractivity contribution in [3.8, 4) is 0 Å². The molecule has 36 heavy (non-hydrogen) atoms. The molecule has 0 radical (unpaired) electrons. The van der Waals surface area contributed by atoms with Crippen LogP contribution in [0.15, 0.2) is 0 Å². The van der Waals surface area contributed by atoms with Crippen molar-refractivity contribution in [2.45, 2.75) is 142 Å². The summed E-state index contributed by atoms with van der Waals surface area (Å²) in [6.07, 6.45) is 24.6. The zero-order valence-corrected chi connectivity index (χ0v) is 25.2. The smallest absolute Gasteiger partial charge is 0.309 e. The van der Waals surface area contributed by atoms with E-state index in [1.807, 2.05) is 19.0 Å². The van der Waals surface area contributed by atoms with E-state index < -0.39 is 7.82 Å². The van der Waals surface area contributed by atoms with E-state index in [1.54, 1.807) is 6.92 Å². The van der Waals surface area contributed by atoms with Gasteiger partial charge in [0, 0.05) is 6.42 Å². The minimum Gasteiger partial charge on any atom is -0.309 e. The Morgan fingerprint density at radius 1 is 0.750 bits per heavy atom. The molecule has 6 nitrogen and oxygen atoms in total. The predicted octanol–water partition coefficient (Wildman–Crippen LogP) is 8.71. The van der Waals surface area contributed by atoms with Gasteiger partial charge in [0.25, 0.3) is 0 Å². The number of hydrogen-bond acceptors (Lipinski definition) is 5. The maximum atomic E-state index is 12.1. The summed E-state index contributed by atoms with van der Waals surface area (Å²) >= 11 is 0. The molecule has 1 N–H and O–H groups in total. The van der Waals surface area contributed by atoms with Crippen LogP contribution in [0.4, 0.5) is 0 Å². The molecule has 7 heteroatoms. The number of carbonyl (C=O) groups excluding carboxylic acids is 1. The fourth-order valence-corrected chi connectivity index (χ4v) is 5.44. The van der Waals surface area contributed by atoms with E-state index in [9.17, 15) is 14.3 Å². The van der Waals surface area contributed by atoms with Crippen LogP contribution in [-0.4, -0.2) is 49.4 Å². The van der Waals surface area contributed by atoms with Crippen LogP contribution in [0, 0.1) is 5.92 Å². The normalized spacial score (nSPS) is 14.3. The van der Waals surface area contributed by atoms with Gasteiger partial charge in [-0.1, -0.05) is 116 Å². The van der Waals surface area contributed by atoms with E-state index in [1.165, 1.54) is 96.3 Å². The van der Waals surface area contributed by atoms with Gasteiger partial charge < -0.3 is 14.6 Å². The van der Waals surface area contributed by atoms with Gasteiger partial charge in [-0.15, -0.1) is 0 Å². The Balaban J connectivity index is 3.71. The first kappa shape index (κ1) is 35.7. The summed E-state index contributed by atoms with van der Waals surface area (Å²) in [5.74, 6) is 0.0694. The molecular weight excluding hydrogens is 473 g/mol. The highest BCUT2D eigenvalue weighted by Crippen LogP contribution is 2.44. The number of phosphoric ester groups is 1. The number of unbranched alkanes of at least 4 members (excludes halogenated alkanes) is 16. The Morgan fingerprint density at radius 2 is 1.19 bits per heavy atom. The number of nitrogens with zero attached hydrogens (tertiary/aromatic N) is 1. The largest absolute Gasteiger partial charge is 0.472 e. The van der Waals surface area contributed by atoms with Gasteiger partial charge in [0.15, 0.2) is 0 Å². The van der Waals surface area contributed by atoms with E-state index >= 15 is 0 Å².